The zero-order valence-electron chi connectivity index (χ0n) is 23.3. The molecule has 1 N–H and O–H groups in total. The quantitative estimate of drug-likeness (QED) is 0.304. The van der Waals surface area contributed by atoms with Crippen LogP contribution in [0.2, 0.25) is 5.02 Å². The van der Waals surface area contributed by atoms with Crippen LogP contribution in [-0.4, -0.2) is 58.5 Å². The van der Waals surface area contributed by atoms with Crippen molar-refractivity contribution in [3.63, 3.8) is 0 Å². The third-order valence-corrected chi connectivity index (χ3v) is 8.36. The molecule has 41 heavy (non-hydrogen) atoms. The summed E-state index contributed by atoms with van der Waals surface area (Å²) in [6.07, 6.45) is 0.266. The van der Waals surface area contributed by atoms with Gasteiger partial charge in [0.2, 0.25) is 11.8 Å². The minimum absolute atomic E-state index is 0.0420. The van der Waals surface area contributed by atoms with Crippen molar-refractivity contribution >= 4 is 39.1 Å². The van der Waals surface area contributed by atoms with Crippen LogP contribution < -0.4 is 19.1 Å². The normalized spacial score (nSPS) is 11.9. The molecule has 3 aromatic rings. The van der Waals surface area contributed by atoms with Gasteiger partial charge in [0.1, 0.15) is 18.4 Å². The number of benzene rings is 3. The number of methoxy groups -OCH3 is 2. The Morgan fingerprint density at radius 2 is 1.59 bits per heavy atom. The van der Waals surface area contributed by atoms with Crippen molar-refractivity contribution in [1.82, 2.24) is 10.2 Å². The summed E-state index contributed by atoms with van der Waals surface area (Å²) in [4.78, 5) is 28.1. The fraction of sp³-hybridized carbons (Fsp3) is 0.310. The number of anilines is 1. The molecule has 0 spiro atoms. The van der Waals surface area contributed by atoms with E-state index in [9.17, 15) is 22.4 Å². The van der Waals surface area contributed by atoms with Gasteiger partial charge in [-0.3, -0.25) is 13.9 Å². The fourth-order valence-corrected chi connectivity index (χ4v) is 5.79. The smallest absolute Gasteiger partial charge is 0.264 e. The first kappa shape index (κ1) is 31.7. The molecule has 0 saturated carbocycles. The van der Waals surface area contributed by atoms with Crippen LogP contribution in [0, 0.1) is 5.82 Å². The molecule has 3 aromatic carbocycles. The molecule has 0 unspecified atom stereocenters. The van der Waals surface area contributed by atoms with Gasteiger partial charge in [-0.15, -0.1) is 0 Å². The van der Waals surface area contributed by atoms with Crippen LogP contribution in [0.4, 0.5) is 10.1 Å². The molecule has 9 nitrogen and oxygen atoms in total. The number of ether oxygens (including phenoxy) is 2. The van der Waals surface area contributed by atoms with Crippen LogP contribution in [0.25, 0.3) is 0 Å². The summed E-state index contributed by atoms with van der Waals surface area (Å²) < 4.78 is 53.1. The maximum Gasteiger partial charge on any atom is 0.264 e. The topological polar surface area (TPSA) is 105 Å². The minimum atomic E-state index is -4.34. The molecule has 1 atom stereocenters. The predicted molar refractivity (Wildman–Crippen MR) is 155 cm³/mol. The number of amides is 2. The highest BCUT2D eigenvalue weighted by atomic mass is 35.5. The summed E-state index contributed by atoms with van der Waals surface area (Å²) in [5.41, 5.74) is 0.758. The Morgan fingerprint density at radius 1 is 0.951 bits per heavy atom. The summed E-state index contributed by atoms with van der Waals surface area (Å²) in [5.74, 6) is -0.940. The number of hydrogen-bond acceptors (Lipinski definition) is 6. The Hall–Kier alpha value is -3.83. The van der Waals surface area contributed by atoms with Crippen molar-refractivity contribution in [2.24, 2.45) is 0 Å². The second-order valence-corrected chi connectivity index (χ2v) is 11.3. The number of halogens is 2. The Labute approximate surface area is 244 Å². The summed E-state index contributed by atoms with van der Waals surface area (Å²) in [5, 5.41) is 3.11. The Bertz CT molecular complexity index is 1450. The highest BCUT2D eigenvalue weighted by Crippen LogP contribution is 2.32. The molecule has 0 radical (unpaired) electrons. The molecule has 0 aliphatic rings. The first-order valence-electron chi connectivity index (χ1n) is 12.9. The van der Waals surface area contributed by atoms with E-state index in [1.165, 1.54) is 85.8 Å². The standard InChI is InChI=1S/C29H33ClFN3O6S/c1-5-25(29(36)32-6-2)33(18-20-7-11-22(31)12-8-20)28(35)19-34(23-13-9-21(30)10-14-23)41(37,38)24-15-16-26(39-3)27(17-24)40-4/h7-17,25H,5-6,18-19H2,1-4H3,(H,32,36)/t25-/m1/s1. The van der Waals surface area contributed by atoms with Crippen LogP contribution in [0.3, 0.4) is 0 Å². The molecule has 220 valence electrons. The molecular formula is C29H33ClFN3O6S. The van der Waals surface area contributed by atoms with Gasteiger partial charge in [0, 0.05) is 24.2 Å². The van der Waals surface area contributed by atoms with Gasteiger partial charge < -0.3 is 19.7 Å². The molecule has 0 aromatic heterocycles. The van der Waals surface area contributed by atoms with Gasteiger partial charge in [-0.1, -0.05) is 30.7 Å². The van der Waals surface area contributed by atoms with Gasteiger partial charge >= 0.3 is 0 Å². The molecule has 12 heteroatoms. The number of likely N-dealkylation sites (N-methyl/N-ethyl adjacent to an activating group) is 1. The summed E-state index contributed by atoms with van der Waals surface area (Å²) >= 11 is 6.06. The van der Waals surface area contributed by atoms with Gasteiger partial charge in [0.25, 0.3) is 10.0 Å². The van der Waals surface area contributed by atoms with Crippen molar-refractivity contribution in [2.75, 3.05) is 31.6 Å². The van der Waals surface area contributed by atoms with Crippen molar-refractivity contribution < 1.29 is 31.9 Å². The lowest BCUT2D eigenvalue weighted by Crippen LogP contribution is -2.52. The average molecular weight is 606 g/mol. The monoisotopic (exact) mass is 605 g/mol. The van der Waals surface area contributed by atoms with E-state index in [0.29, 0.717) is 22.9 Å². The summed E-state index contributed by atoms with van der Waals surface area (Å²) in [6.45, 7) is 3.18. The van der Waals surface area contributed by atoms with Gasteiger partial charge in [-0.25, -0.2) is 12.8 Å². The largest absolute Gasteiger partial charge is 0.493 e. The Balaban J connectivity index is 2.09. The van der Waals surface area contributed by atoms with Gasteiger partial charge in [-0.05, 0) is 67.4 Å². The van der Waals surface area contributed by atoms with E-state index in [2.05, 4.69) is 5.32 Å². The molecule has 0 fully saturated rings. The maximum absolute atomic E-state index is 14.0. The van der Waals surface area contributed by atoms with E-state index >= 15 is 0 Å². The van der Waals surface area contributed by atoms with Crippen molar-refractivity contribution in [1.29, 1.82) is 0 Å². The molecule has 0 saturated heterocycles. The van der Waals surface area contributed by atoms with E-state index < -0.39 is 34.3 Å². The predicted octanol–water partition coefficient (Wildman–Crippen LogP) is 4.64. The first-order valence-corrected chi connectivity index (χ1v) is 14.7. The number of nitrogens with zero attached hydrogens (tertiary/aromatic N) is 2. The highest BCUT2D eigenvalue weighted by molar-refractivity contribution is 7.92. The molecular weight excluding hydrogens is 573 g/mol. The zero-order chi connectivity index (χ0) is 30.2. The average Bonchev–Trinajstić information content (AvgIpc) is 2.96. The van der Waals surface area contributed by atoms with Gasteiger partial charge in [-0.2, -0.15) is 0 Å². The lowest BCUT2D eigenvalue weighted by atomic mass is 10.1. The third kappa shape index (κ3) is 7.68. The number of sulfonamides is 1. The summed E-state index contributed by atoms with van der Waals surface area (Å²) in [6, 6.07) is 14.7. The van der Waals surface area contributed by atoms with Crippen molar-refractivity contribution in [2.45, 2.75) is 37.8 Å². The van der Waals surface area contributed by atoms with Crippen LogP contribution in [0.5, 0.6) is 11.5 Å². The number of nitrogens with one attached hydrogen (secondary N) is 1. The van der Waals surface area contributed by atoms with E-state index in [1.54, 1.807) is 13.8 Å². The Morgan fingerprint density at radius 3 is 2.15 bits per heavy atom. The molecule has 0 bridgehead atoms. The van der Waals surface area contributed by atoms with E-state index in [0.717, 1.165) is 4.31 Å². The lowest BCUT2D eigenvalue weighted by Gasteiger charge is -2.33. The fourth-order valence-electron chi connectivity index (χ4n) is 4.24. The number of carbonyl (C=O) groups is 2. The van der Waals surface area contributed by atoms with Crippen LogP contribution in [0.15, 0.2) is 71.6 Å². The van der Waals surface area contributed by atoms with E-state index in [-0.39, 0.29) is 35.2 Å². The number of carbonyl (C=O) groups excluding carboxylic acids is 2. The minimum Gasteiger partial charge on any atom is -0.493 e. The van der Waals surface area contributed by atoms with Crippen LogP contribution in [0.1, 0.15) is 25.8 Å². The van der Waals surface area contributed by atoms with Crippen LogP contribution in [-0.2, 0) is 26.2 Å². The molecule has 0 aliphatic carbocycles. The summed E-state index contributed by atoms with van der Waals surface area (Å²) in [7, 11) is -1.52. The van der Waals surface area contributed by atoms with Gasteiger partial charge in [0.05, 0.1) is 24.8 Å². The number of rotatable bonds is 13. The molecule has 0 aliphatic heterocycles. The lowest BCUT2D eigenvalue weighted by molar-refractivity contribution is -0.140. The molecule has 0 heterocycles. The SMILES string of the molecule is CCNC(=O)[C@@H](CC)N(Cc1ccc(F)cc1)C(=O)CN(c1ccc(Cl)cc1)S(=O)(=O)c1ccc(OC)c(OC)c1. The second kappa shape index (κ2) is 14.2. The third-order valence-electron chi connectivity index (χ3n) is 6.34. The first-order chi connectivity index (χ1) is 19.5. The van der Waals surface area contributed by atoms with Crippen LogP contribution >= 0.6 is 11.6 Å². The highest BCUT2D eigenvalue weighted by Gasteiger charge is 2.34. The zero-order valence-corrected chi connectivity index (χ0v) is 24.8. The van der Waals surface area contributed by atoms with E-state index in [4.69, 9.17) is 21.1 Å². The number of hydrogen-bond donors (Lipinski definition) is 1. The molecule has 2 amide bonds. The van der Waals surface area contributed by atoms with Crippen molar-refractivity contribution in [3.8, 4) is 11.5 Å². The van der Waals surface area contributed by atoms with Crippen molar-refractivity contribution in [3.05, 3.63) is 83.1 Å². The molecule has 3 rings (SSSR count). The van der Waals surface area contributed by atoms with Gasteiger partial charge in [0.15, 0.2) is 11.5 Å². The van der Waals surface area contributed by atoms with E-state index in [1.807, 2.05) is 0 Å². The second-order valence-electron chi connectivity index (χ2n) is 8.97. The Kier molecular flexibility index (Phi) is 11.0. The maximum atomic E-state index is 14.0.